The number of halogens is 7. The molecule has 1 aliphatic rings. The van der Waals surface area contributed by atoms with Gasteiger partial charge in [0, 0.05) is 12.7 Å². The topological polar surface area (TPSA) is 34.6 Å². The molecule has 0 saturated carbocycles. The van der Waals surface area contributed by atoms with Gasteiger partial charge in [-0.15, -0.1) is 0 Å². The van der Waals surface area contributed by atoms with Crippen LogP contribution in [0.25, 0.3) is 0 Å². The minimum atomic E-state index is -4.97. The number of morpholine rings is 1. The van der Waals surface area contributed by atoms with Crippen LogP contribution in [0.1, 0.15) is 28.3 Å². The standard InChI is InChI=1S/C24H19F7N2O2/c25-19-6-4-16(5-7-19)21-22(34-10-9-33(21)20-3-1-2-8-32-20)35-14-15-11-17(23(26,27)28)13-18(12-15)24(29,30)31/h1-8,11-13,21-22H,9-10,14H2/t21-,22+/m0/s1. The van der Waals surface area contributed by atoms with Crippen LogP contribution in [0.3, 0.4) is 0 Å². The van der Waals surface area contributed by atoms with Gasteiger partial charge in [0.25, 0.3) is 0 Å². The Labute approximate surface area is 195 Å². The molecule has 11 heteroatoms. The van der Waals surface area contributed by atoms with E-state index in [-0.39, 0.29) is 18.2 Å². The predicted molar refractivity (Wildman–Crippen MR) is 112 cm³/mol. The van der Waals surface area contributed by atoms with Crippen molar-refractivity contribution in [1.82, 2.24) is 4.98 Å². The molecule has 2 aromatic carbocycles. The molecule has 2 atom stereocenters. The van der Waals surface area contributed by atoms with Crippen LogP contribution in [-0.4, -0.2) is 24.4 Å². The van der Waals surface area contributed by atoms with E-state index in [2.05, 4.69) is 4.98 Å². The van der Waals surface area contributed by atoms with Crippen molar-refractivity contribution >= 4 is 5.82 Å². The second-order valence-corrected chi connectivity index (χ2v) is 7.84. The highest BCUT2D eigenvalue weighted by atomic mass is 19.4. The molecule has 0 bridgehead atoms. The Balaban J connectivity index is 1.65. The number of hydrogen-bond acceptors (Lipinski definition) is 4. The van der Waals surface area contributed by atoms with Crippen LogP contribution in [0.15, 0.2) is 66.9 Å². The highest BCUT2D eigenvalue weighted by Crippen LogP contribution is 2.38. The fourth-order valence-corrected chi connectivity index (χ4v) is 3.84. The van der Waals surface area contributed by atoms with Crippen molar-refractivity contribution in [2.75, 3.05) is 18.1 Å². The van der Waals surface area contributed by atoms with E-state index < -0.39 is 48.2 Å². The largest absolute Gasteiger partial charge is 0.416 e. The summed E-state index contributed by atoms with van der Waals surface area (Å²) in [6, 6.07) is 11.3. The quantitative estimate of drug-likeness (QED) is 0.381. The first-order valence-corrected chi connectivity index (χ1v) is 10.5. The van der Waals surface area contributed by atoms with Crippen molar-refractivity contribution in [2.45, 2.75) is 31.3 Å². The molecule has 35 heavy (non-hydrogen) atoms. The van der Waals surface area contributed by atoms with E-state index in [0.29, 0.717) is 30.1 Å². The lowest BCUT2D eigenvalue weighted by Crippen LogP contribution is -2.47. The number of ether oxygens (including phenoxy) is 2. The van der Waals surface area contributed by atoms with Crippen molar-refractivity contribution in [2.24, 2.45) is 0 Å². The highest BCUT2D eigenvalue weighted by molar-refractivity contribution is 5.43. The van der Waals surface area contributed by atoms with Gasteiger partial charge in [-0.25, -0.2) is 9.37 Å². The van der Waals surface area contributed by atoms with Crippen molar-refractivity contribution in [3.63, 3.8) is 0 Å². The zero-order chi connectivity index (χ0) is 25.2. The molecule has 0 aliphatic carbocycles. The Kier molecular flexibility index (Phi) is 7.00. The maximum Gasteiger partial charge on any atom is 0.416 e. The van der Waals surface area contributed by atoms with E-state index in [4.69, 9.17) is 9.47 Å². The molecule has 1 aliphatic heterocycles. The van der Waals surface area contributed by atoms with Crippen LogP contribution in [0.4, 0.5) is 36.6 Å². The van der Waals surface area contributed by atoms with Crippen LogP contribution < -0.4 is 4.90 Å². The Bertz CT molecular complexity index is 1100. The van der Waals surface area contributed by atoms with Gasteiger partial charge in [-0.1, -0.05) is 18.2 Å². The van der Waals surface area contributed by atoms with Crippen molar-refractivity contribution in [3.05, 3.63) is 94.9 Å². The fourth-order valence-electron chi connectivity index (χ4n) is 3.84. The first kappa shape index (κ1) is 24.9. The normalized spacial score (nSPS) is 19.1. The Morgan fingerprint density at radius 1 is 0.914 bits per heavy atom. The minimum absolute atomic E-state index is 0.0603. The van der Waals surface area contributed by atoms with Gasteiger partial charge in [0.1, 0.15) is 17.7 Å². The van der Waals surface area contributed by atoms with Crippen molar-refractivity contribution < 1.29 is 40.2 Å². The van der Waals surface area contributed by atoms with Crippen LogP contribution >= 0.6 is 0 Å². The number of rotatable bonds is 5. The van der Waals surface area contributed by atoms with Crippen LogP contribution in [0, 0.1) is 5.82 Å². The molecule has 0 radical (unpaired) electrons. The maximum atomic E-state index is 13.5. The monoisotopic (exact) mass is 500 g/mol. The number of alkyl halides is 6. The first-order valence-electron chi connectivity index (χ1n) is 10.5. The highest BCUT2D eigenvalue weighted by Gasteiger charge is 2.38. The molecule has 0 N–H and O–H groups in total. The smallest absolute Gasteiger partial charge is 0.348 e. The molecule has 1 saturated heterocycles. The van der Waals surface area contributed by atoms with Crippen LogP contribution in [0.2, 0.25) is 0 Å². The zero-order valence-corrected chi connectivity index (χ0v) is 18.0. The molecule has 4 nitrogen and oxygen atoms in total. The Hall–Kier alpha value is -3.18. The number of benzene rings is 2. The maximum absolute atomic E-state index is 13.5. The molecular weight excluding hydrogens is 481 g/mol. The number of pyridine rings is 1. The SMILES string of the molecule is Fc1ccc([C@H]2[C@@H](OCc3cc(C(F)(F)F)cc(C(F)(F)F)c3)OCCN2c2ccccn2)cc1. The van der Waals surface area contributed by atoms with Crippen molar-refractivity contribution in [3.8, 4) is 0 Å². The molecule has 2 heterocycles. The van der Waals surface area contributed by atoms with Gasteiger partial charge in [-0.05, 0) is 53.6 Å². The lowest BCUT2D eigenvalue weighted by atomic mass is 10.0. The molecule has 0 amide bonds. The molecule has 0 spiro atoms. The summed E-state index contributed by atoms with van der Waals surface area (Å²) in [5.74, 6) is 0.0770. The molecular formula is C24H19F7N2O2. The van der Waals surface area contributed by atoms with Gasteiger partial charge in [0.05, 0.1) is 24.3 Å². The van der Waals surface area contributed by atoms with E-state index in [0.717, 1.165) is 0 Å². The van der Waals surface area contributed by atoms with E-state index in [9.17, 15) is 30.7 Å². The van der Waals surface area contributed by atoms with E-state index >= 15 is 0 Å². The molecule has 4 rings (SSSR count). The second kappa shape index (κ2) is 9.82. The molecule has 1 aromatic heterocycles. The number of anilines is 1. The van der Waals surface area contributed by atoms with Gasteiger partial charge < -0.3 is 14.4 Å². The van der Waals surface area contributed by atoms with Gasteiger partial charge >= 0.3 is 12.4 Å². The summed E-state index contributed by atoms with van der Waals surface area (Å²) in [5, 5.41) is 0. The second-order valence-electron chi connectivity index (χ2n) is 7.84. The molecule has 1 fully saturated rings. The lowest BCUT2D eigenvalue weighted by molar-refractivity contribution is -0.175. The third kappa shape index (κ3) is 5.91. The Morgan fingerprint density at radius 2 is 1.57 bits per heavy atom. The summed E-state index contributed by atoms with van der Waals surface area (Å²) in [4.78, 5) is 6.14. The van der Waals surface area contributed by atoms with Crippen LogP contribution in [0.5, 0.6) is 0 Å². The first-order chi connectivity index (χ1) is 16.5. The van der Waals surface area contributed by atoms with Gasteiger partial charge in [-0.2, -0.15) is 26.3 Å². The molecule has 186 valence electrons. The van der Waals surface area contributed by atoms with Gasteiger partial charge in [0.2, 0.25) is 0 Å². The van der Waals surface area contributed by atoms with Crippen molar-refractivity contribution in [1.29, 1.82) is 0 Å². The lowest BCUT2D eigenvalue weighted by Gasteiger charge is -2.41. The summed E-state index contributed by atoms with van der Waals surface area (Å²) >= 11 is 0. The number of aromatic nitrogens is 1. The summed E-state index contributed by atoms with van der Waals surface area (Å²) in [5.41, 5.74) is -2.60. The van der Waals surface area contributed by atoms with Crippen LogP contribution in [-0.2, 0) is 28.4 Å². The fraction of sp³-hybridized carbons (Fsp3) is 0.292. The Morgan fingerprint density at radius 3 is 2.14 bits per heavy atom. The molecule has 3 aromatic rings. The third-order valence-electron chi connectivity index (χ3n) is 5.42. The minimum Gasteiger partial charge on any atom is -0.348 e. The molecule has 0 unspecified atom stereocenters. The average molecular weight is 500 g/mol. The van der Waals surface area contributed by atoms with Gasteiger partial charge in [-0.3, -0.25) is 0 Å². The van der Waals surface area contributed by atoms with Gasteiger partial charge in [0.15, 0.2) is 6.29 Å². The predicted octanol–water partition coefficient (Wildman–Crippen LogP) is 6.38. The third-order valence-corrected chi connectivity index (χ3v) is 5.42. The summed E-state index contributed by atoms with van der Waals surface area (Å²) in [6.07, 6.45) is -9.45. The summed E-state index contributed by atoms with van der Waals surface area (Å²) in [7, 11) is 0. The van der Waals surface area contributed by atoms with E-state index in [1.807, 2.05) is 4.90 Å². The summed E-state index contributed by atoms with van der Waals surface area (Å²) < 4.78 is 104. The average Bonchev–Trinajstić information content (AvgIpc) is 2.82. The number of hydrogen-bond donors (Lipinski definition) is 0. The zero-order valence-electron chi connectivity index (χ0n) is 18.0. The van der Waals surface area contributed by atoms with E-state index in [1.54, 1.807) is 24.4 Å². The van der Waals surface area contributed by atoms with E-state index in [1.165, 1.54) is 24.3 Å². The summed E-state index contributed by atoms with van der Waals surface area (Å²) in [6.45, 7) is -0.0402. The number of nitrogens with zero attached hydrogens (tertiary/aromatic N) is 2.